The molecule has 1 aromatic carbocycles. The molecular formula is C12H15NO5. The Balaban J connectivity index is 2.82. The van der Waals surface area contributed by atoms with E-state index in [0.29, 0.717) is 6.42 Å². The lowest BCUT2D eigenvalue weighted by molar-refractivity contribution is -0.385. The van der Waals surface area contributed by atoms with Crippen LogP contribution in [-0.2, 0) is 4.79 Å². The predicted octanol–water partition coefficient (Wildman–Crippen LogP) is 2.64. The summed E-state index contributed by atoms with van der Waals surface area (Å²) in [5.41, 5.74) is -0.483. The lowest BCUT2D eigenvalue weighted by Gasteiger charge is -2.09. The first kappa shape index (κ1) is 14.0. The zero-order valence-electron chi connectivity index (χ0n) is 10.3. The van der Waals surface area contributed by atoms with Crippen LogP contribution in [-0.4, -0.2) is 16.0 Å². The maximum atomic E-state index is 11.6. The largest absolute Gasteiger partial charge is 0.502 e. The van der Waals surface area contributed by atoms with Gasteiger partial charge in [-0.05, 0) is 18.6 Å². The zero-order valence-corrected chi connectivity index (χ0v) is 10.3. The van der Waals surface area contributed by atoms with Gasteiger partial charge < -0.3 is 9.84 Å². The fourth-order valence-electron chi connectivity index (χ4n) is 1.48. The van der Waals surface area contributed by atoms with E-state index in [2.05, 4.69) is 0 Å². The van der Waals surface area contributed by atoms with Crippen LogP contribution in [0.1, 0.15) is 26.7 Å². The first-order valence-corrected chi connectivity index (χ1v) is 5.64. The van der Waals surface area contributed by atoms with Gasteiger partial charge in [-0.3, -0.25) is 14.9 Å². The van der Waals surface area contributed by atoms with Crippen molar-refractivity contribution in [3.05, 3.63) is 28.3 Å². The highest BCUT2D eigenvalue weighted by Gasteiger charge is 2.18. The molecule has 0 radical (unpaired) electrons. The third kappa shape index (κ3) is 3.44. The van der Waals surface area contributed by atoms with Crippen LogP contribution in [0.15, 0.2) is 18.2 Å². The molecule has 0 amide bonds. The summed E-state index contributed by atoms with van der Waals surface area (Å²) in [7, 11) is 0. The van der Waals surface area contributed by atoms with E-state index in [-0.39, 0.29) is 11.7 Å². The zero-order chi connectivity index (χ0) is 13.7. The van der Waals surface area contributed by atoms with Crippen LogP contribution in [0.5, 0.6) is 11.5 Å². The van der Waals surface area contributed by atoms with Crippen LogP contribution in [0.4, 0.5) is 5.69 Å². The smallest absolute Gasteiger partial charge is 0.314 e. The van der Waals surface area contributed by atoms with Crippen molar-refractivity contribution in [3.8, 4) is 11.5 Å². The predicted molar refractivity (Wildman–Crippen MR) is 64.5 cm³/mol. The Kier molecular flexibility index (Phi) is 4.65. The number of hydrogen-bond acceptors (Lipinski definition) is 5. The Bertz CT molecular complexity index is 458. The van der Waals surface area contributed by atoms with Gasteiger partial charge in [-0.25, -0.2) is 0 Å². The van der Waals surface area contributed by atoms with Gasteiger partial charge in [0.2, 0.25) is 0 Å². The van der Waals surface area contributed by atoms with Crippen LogP contribution >= 0.6 is 0 Å². The van der Waals surface area contributed by atoms with Crippen molar-refractivity contribution >= 4 is 11.7 Å². The molecule has 0 bridgehead atoms. The lowest BCUT2D eigenvalue weighted by atomic mass is 10.1. The normalized spacial score (nSPS) is 11.9. The molecule has 0 saturated heterocycles. The number of carbonyl (C=O) groups is 1. The highest BCUT2D eigenvalue weighted by molar-refractivity contribution is 5.75. The first-order chi connectivity index (χ1) is 8.45. The summed E-state index contributed by atoms with van der Waals surface area (Å²) in [4.78, 5) is 21.5. The van der Waals surface area contributed by atoms with Gasteiger partial charge in [0, 0.05) is 0 Å². The standard InChI is InChI=1S/C12H15NO5/c1-3-4-8(2)12(15)18-9-5-6-11(14)10(7-9)13(16)17/h5-8,14H,3-4H2,1-2H3. The summed E-state index contributed by atoms with van der Waals surface area (Å²) < 4.78 is 5.02. The number of ether oxygens (including phenoxy) is 1. The van der Waals surface area contributed by atoms with Gasteiger partial charge in [-0.15, -0.1) is 0 Å². The van der Waals surface area contributed by atoms with Gasteiger partial charge in [-0.1, -0.05) is 20.3 Å². The van der Waals surface area contributed by atoms with E-state index in [0.717, 1.165) is 18.6 Å². The number of nitrogens with zero attached hydrogens (tertiary/aromatic N) is 1. The van der Waals surface area contributed by atoms with E-state index in [1.54, 1.807) is 6.92 Å². The number of aromatic hydroxyl groups is 1. The van der Waals surface area contributed by atoms with Gasteiger partial charge >= 0.3 is 11.7 Å². The third-order valence-corrected chi connectivity index (χ3v) is 2.49. The van der Waals surface area contributed by atoms with Crippen molar-refractivity contribution in [2.75, 3.05) is 0 Å². The number of benzene rings is 1. The lowest BCUT2D eigenvalue weighted by Crippen LogP contribution is -2.17. The Morgan fingerprint density at radius 3 is 2.78 bits per heavy atom. The van der Waals surface area contributed by atoms with Crippen molar-refractivity contribution in [2.45, 2.75) is 26.7 Å². The number of phenols is 1. The molecular weight excluding hydrogens is 238 g/mol. The fraction of sp³-hybridized carbons (Fsp3) is 0.417. The van der Waals surface area contributed by atoms with Gasteiger partial charge in [0.15, 0.2) is 5.75 Å². The van der Waals surface area contributed by atoms with E-state index in [1.807, 2.05) is 6.92 Å². The van der Waals surface area contributed by atoms with Crippen molar-refractivity contribution in [2.24, 2.45) is 5.92 Å². The number of phenolic OH excluding ortho intramolecular Hbond substituents is 1. The molecule has 0 aliphatic heterocycles. The van der Waals surface area contributed by atoms with Crippen LogP contribution in [0, 0.1) is 16.0 Å². The summed E-state index contributed by atoms with van der Waals surface area (Å²) in [5, 5.41) is 19.9. The Labute approximate surface area is 104 Å². The van der Waals surface area contributed by atoms with Gasteiger partial charge in [0.25, 0.3) is 0 Å². The minimum Gasteiger partial charge on any atom is -0.502 e. The fourth-order valence-corrected chi connectivity index (χ4v) is 1.48. The molecule has 1 atom stereocenters. The van der Waals surface area contributed by atoms with Crippen molar-refractivity contribution < 1.29 is 19.6 Å². The maximum Gasteiger partial charge on any atom is 0.314 e. The van der Waals surface area contributed by atoms with E-state index in [1.165, 1.54) is 6.07 Å². The highest BCUT2D eigenvalue weighted by atomic mass is 16.6. The molecule has 0 aliphatic rings. The number of nitro groups is 1. The minimum absolute atomic E-state index is 0.0625. The Morgan fingerprint density at radius 2 is 2.22 bits per heavy atom. The second-order valence-electron chi connectivity index (χ2n) is 4.02. The monoisotopic (exact) mass is 253 g/mol. The third-order valence-electron chi connectivity index (χ3n) is 2.49. The van der Waals surface area contributed by atoms with Gasteiger partial charge in [-0.2, -0.15) is 0 Å². The van der Waals surface area contributed by atoms with Crippen LogP contribution in [0.3, 0.4) is 0 Å². The van der Waals surface area contributed by atoms with Crippen molar-refractivity contribution in [1.29, 1.82) is 0 Å². The molecule has 98 valence electrons. The van der Waals surface area contributed by atoms with E-state index in [4.69, 9.17) is 4.74 Å². The molecule has 1 aromatic rings. The van der Waals surface area contributed by atoms with E-state index < -0.39 is 22.3 Å². The van der Waals surface area contributed by atoms with E-state index >= 15 is 0 Å². The first-order valence-electron chi connectivity index (χ1n) is 5.64. The molecule has 0 aromatic heterocycles. The second kappa shape index (κ2) is 6.00. The molecule has 0 aliphatic carbocycles. The van der Waals surface area contributed by atoms with Crippen LogP contribution < -0.4 is 4.74 Å². The highest BCUT2D eigenvalue weighted by Crippen LogP contribution is 2.30. The van der Waals surface area contributed by atoms with Crippen LogP contribution in [0.25, 0.3) is 0 Å². The summed E-state index contributed by atoms with van der Waals surface area (Å²) in [6, 6.07) is 3.48. The van der Waals surface area contributed by atoms with Crippen LogP contribution in [0.2, 0.25) is 0 Å². The maximum absolute atomic E-state index is 11.6. The average Bonchev–Trinajstić information content (AvgIpc) is 2.31. The SMILES string of the molecule is CCCC(C)C(=O)Oc1ccc(O)c([N+](=O)[O-])c1. The van der Waals surface area contributed by atoms with Gasteiger partial charge in [0.1, 0.15) is 5.75 Å². The molecule has 1 rings (SSSR count). The number of esters is 1. The molecule has 0 heterocycles. The topological polar surface area (TPSA) is 89.7 Å². The summed E-state index contributed by atoms with van der Waals surface area (Å²) in [6.07, 6.45) is 1.55. The quantitative estimate of drug-likeness (QED) is 0.377. The number of nitro benzene ring substituents is 1. The minimum atomic E-state index is -0.734. The molecule has 1 N–H and O–H groups in total. The molecule has 6 heteroatoms. The summed E-state index contributed by atoms with van der Waals surface area (Å²) in [6.45, 7) is 3.69. The Hall–Kier alpha value is -2.11. The molecule has 1 unspecified atom stereocenters. The molecule has 6 nitrogen and oxygen atoms in total. The molecule has 0 saturated carbocycles. The molecule has 0 spiro atoms. The molecule has 0 fully saturated rings. The Morgan fingerprint density at radius 1 is 1.56 bits per heavy atom. The number of carbonyl (C=O) groups excluding carboxylic acids is 1. The van der Waals surface area contributed by atoms with Crippen molar-refractivity contribution in [1.82, 2.24) is 0 Å². The second-order valence-corrected chi connectivity index (χ2v) is 4.02. The molecule has 18 heavy (non-hydrogen) atoms. The average molecular weight is 253 g/mol. The summed E-state index contributed by atoms with van der Waals surface area (Å²) >= 11 is 0. The van der Waals surface area contributed by atoms with E-state index in [9.17, 15) is 20.0 Å². The van der Waals surface area contributed by atoms with Crippen molar-refractivity contribution in [3.63, 3.8) is 0 Å². The number of rotatable bonds is 5. The number of hydrogen-bond donors (Lipinski definition) is 1. The van der Waals surface area contributed by atoms with Gasteiger partial charge in [0.05, 0.1) is 16.9 Å². The summed E-state index contributed by atoms with van der Waals surface area (Å²) in [5.74, 6) is -1.09.